The molecule has 0 saturated heterocycles. The minimum absolute atomic E-state index is 0.00333. The zero-order valence-corrected chi connectivity index (χ0v) is 13.7. The maximum absolute atomic E-state index is 12.1. The first-order chi connectivity index (χ1) is 9.40. The van der Waals surface area contributed by atoms with Gasteiger partial charge in [0, 0.05) is 18.6 Å². The van der Waals surface area contributed by atoms with Crippen LogP contribution in [0.5, 0.6) is 0 Å². The van der Waals surface area contributed by atoms with Crippen molar-refractivity contribution in [3.05, 3.63) is 39.5 Å². The van der Waals surface area contributed by atoms with E-state index in [4.69, 9.17) is 11.6 Å². The average molecular weight is 380 g/mol. The Morgan fingerprint density at radius 1 is 1.45 bits per heavy atom. The first kappa shape index (κ1) is 15.4. The molecule has 0 spiro atoms. The first-order valence-electron chi connectivity index (χ1n) is 5.69. The van der Waals surface area contributed by atoms with Crippen molar-refractivity contribution < 1.29 is 8.42 Å². The molecular weight excluding hydrogens is 368 g/mol. The summed E-state index contributed by atoms with van der Waals surface area (Å²) < 4.78 is 28.1. The molecule has 0 aliphatic carbocycles. The topological polar surface area (TPSA) is 76.9 Å². The van der Waals surface area contributed by atoms with Crippen LogP contribution in [-0.2, 0) is 23.5 Å². The molecule has 0 bridgehead atoms. The van der Waals surface area contributed by atoms with Crippen LogP contribution in [0.2, 0.25) is 5.02 Å². The predicted molar refractivity (Wildman–Crippen MR) is 79.0 cm³/mol. The van der Waals surface area contributed by atoms with Crippen LogP contribution in [0, 0.1) is 0 Å². The number of sulfonamides is 1. The largest absolute Gasteiger partial charge is 0.260 e. The Balaban J connectivity index is 2.04. The third-order valence-electron chi connectivity index (χ3n) is 2.59. The fourth-order valence-corrected chi connectivity index (χ4v) is 4.03. The summed E-state index contributed by atoms with van der Waals surface area (Å²) in [6.45, 7) is 0.264. The van der Waals surface area contributed by atoms with E-state index in [2.05, 4.69) is 31.0 Å². The van der Waals surface area contributed by atoms with Gasteiger partial charge in [-0.1, -0.05) is 28.9 Å². The molecule has 0 amide bonds. The molecule has 0 fully saturated rings. The van der Waals surface area contributed by atoms with Crippen molar-refractivity contribution in [2.45, 2.75) is 11.4 Å². The van der Waals surface area contributed by atoms with Crippen LogP contribution in [0.25, 0.3) is 0 Å². The predicted octanol–water partition coefficient (Wildman–Crippen LogP) is 1.75. The summed E-state index contributed by atoms with van der Waals surface area (Å²) in [4.78, 5) is 0. The molecule has 2 rings (SSSR count). The monoisotopic (exact) mass is 378 g/mol. The van der Waals surface area contributed by atoms with Crippen molar-refractivity contribution in [2.24, 2.45) is 7.05 Å². The SMILES string of the molecule is Cn1nnc(Br)c1S(=O)(=O)NCCc1cccc(Cl)c1. The number of halogens is 2. The second-order valence-electron chi connectivity index (χ2n) is 4.09. The average Bonchev–Trinajstić information content (AvgIpc) is 2.69. The lowest BCUT2D eigenvalue weighted by molar-refractivity contribution is 0.560. The Hall–Kier alpha value is -0.960. The molecule has 9 heteroatoms. The molecule has 0 unspecified atom stereocenters. The molecule has 0 atom stereocenters. The maximum atomic E-state index is 12.1. The van der Waals surface area contributed by atoms with E-state index in [1.165, 1.54) is 11.7 Å². The number of nitrogens with zero attached hydrogens (tertiary/aromatic N) is 3. The highest BCUT2D eigenvalue weighted by molar-refractivity contribution is 9.10. The van der Waals surface area contributed by atoms with E-state index >= 15 is 0 Å². The number of hydrogen-bond acceptors (Lipinski definition) is 4. The standard InChI is InChI=1S/C11H12BrClN4O2S/c1-17-11(10(12)15-16-17)20(18,19)14-6-5-8-3-2-4-9(13)7-8/h2-4,7,14H,5-6H2,1H3. The lowest BCUT2D eigenvalue weighted by Crippen LogP contribution is -2.28. The van der Waals surface area contributed by atoms with Gasteiger partial charge in [0.05, 0.1) is 0 Å². The minimum Gasteiger partial charge on any atom is -0.235 e. The highest BCUT2D eigenvalue weighted by Crippen LogP contribution is 2.17. The summed E-state index contributed by atoms with van der Waals surface area (Å²) >= 11 is 8.94. The van der Waals surface area contributed by atoms with Crippen LogP contribution in [0.4, 0.5) is 0 Å². The van der Waals surface area contributed by atoms with Crippen LogP contribution in [0.15, 0.2) is 33.9 Å². The van der Waals surface area contributed by atoms with Gasteiger partial charge in [-0.25, -0.2) is 17.8 Å². The summed E-state index contributed by atoms with van der Waals surface area (Å²) in [7, 11) is -2.13. The van der Waals surface area contributed by atoms with Crippen molar-refractivity contribution in [1.82, 2.24) is 19.7 Å². The zero-order chi connectivity index (χ0) is 14.8. The molecule has 0 radical (unpaired) electrons. The van der Waals surface area contributed by atoms with Gasteiger partial charge in [0.1, 0.15) is 0 Å². The molecule has 1 aromatic carbocycles. The molecule has 1 aromatic heterocycles. The fourth-order valence-electron chi connectivity index (χ4n) is 1.70. The van der Waals surface area contributed by atoms with Crippen LogP contribution in [0.1, 0.15) is 5.56 Å². The Kier molecular flexibility index (Phi) is 4.79. The van der Waals surface area contributed by atoms with Crippen molar-refractivity contribution in [1.29, 1.82) is 0 Å². The van der Waals surface area contributed by atoms with Crippen molar-refractivity contribution in [3.8, 4) is 0 Å². The number of aromatic nitrogens is 3. The van der Waals surface area contributed by atoms with E-state index in [0.29, 0.717) is 11.4 Å². The van der Waals surface area contributed by atoms with Gasteiger partial charge in [-0.2, -0.15) is 0 Å². The van der Waals surface area contributed by atoms with Gasteiger partial charge in [-0.3, -0.25) is 0 Å². The quantitative estimate of drug-likeness (QED) is 0.858. The maximum Gasteiger partial charge on any atom is 0.260 e. The van der Waals surface area contributed by atoms with Gasteiger partial charge in [0.25, 0.3) is 10.0 Å². The van der Waals surface area contributed by atoms with E-state index in [1.54, 1.807) is 12.1 Å². The molecule has 6 nitrogen and oxygen atoms in total. The zero-order valence-electron chi connectivity index (χ0n) is 10.5. The number of nitrogens with one attached hydrogen (secondary N) is 1. The van der Waals surface area contributed by atoms with Gasteiger partial charge in [-0.05, 0) is 40.0 Å². The number of hydrogen-bond donors (Lipinski definition) is 1. The lowest BCUT2D eigenvalue weighted by atomic mass is 10.2. The van der Waals surface area contributed by atoms with E-state index in [1.807, 2.05) is 12.1 Å². The van der Waals surface area contributed by atoms with Crippen LogP contribution in [-0.4, -0.2) is 30.0 Å². The Bertz CT molecular complexity index is 697. The Labute approximate surface area is 130 Å². The summed E-state index contributed by atoms with van der Waals surface area (Å²) in [6.07, 6.45) is 0.544. The summed E-state index contributed by atoms with van der Waals surface area (Å²) in [5, 5.41) is 7.93. The Morgan fingerprint density at radius 2 is 2.20 bits per heavy atom. The van der Waals surface area contributed by atoms with Crippen molar-refractivity contribution in [2.75, 3.05) is 6.54 Å². The summed E-state index contributed by atoms with van der Waals surface area (Å²) in [5.41, 5.74) is 0.961. The number of benzene rings is 1. The molecule has 1 N–H and O–H groups in total. The molecular formula is C11H12BrClN4O2S. The Morgan fingerprint density at radius 3 is 2.80 bits per heavy atom. The minimum atomic E-state index is -3.65. The molecule has 0 aliphatic rings. The molecule has 0 aliphatic heterocycles. The molecule has 2 aromatic rings. The van der Waals surface area contributed by atoms with Gasteiger partial charge in [0.2, 0.25) is 5.03 Å². The third-order valence-corrected chi connectivity index (χ3v) is 5.17. The highest BCUT2D eigenvalue weighted by Gasteiger charge is 2.23. The van der Waals surface area contributed by atoms with Gasteiger partial charge < -0.3 is 0 Å². The second kappa shape index (κ2) is 6.21. The first-order valence-corrected chi connectivity index (χ1v) is 8.35. The van der Waals surface area contributed by atoms with Crippen LogP contribution in [0.3, 0.4) is 0 Å². The number of aryl methyl sites for hydroxylation is 1. The third kappa shape index (κ3) is 3.57. The van der Waals surface area contributed by atoms with Gasteiger partial charge in [0.15, 0.2) is 4.60 Å². The summed E-state index contributed by atoms with van der Waals surface area (Å²) in [6, 6.07) is 7.29. The molecule has 20 heavy (non-hydrogen) atoms. The number of rotatable bonds is 5. The highest BCUT2D eigenvalue weighted by atomic mass is 79.9. The van der Waals surface area contributed by atoms with E-state index in [-0.39, 0.29) is 16.2 Å². The van der Waals surface area contributed by atoms with Crippen LogP contribution < -0.4 is 4.72 Å². The van der Waals surface area contributed by atoms with E-state index in [0.717, 1.165) is 5.56 Å². The fraction of sp³-hybridized carbons (Fsp3) is 0.273. The van der Waals surface area contributed by atoms with Crippen molar-refractivity contribution in [3.63, 3.8) is 0 Å². The lowest BCUT2D eigenvalue weighted by Gasteiger charge is -2.07. The van der Waals surface area contributed by atoms with Gasteiger partial charge in [-0.15, -0.1) is 5.10 Å². The van der Waals surface area contributed by atoms with Gasteiger partial charge >= 0.3 is 0 Å². The molecule has 108 valence electrons. The molecule has 0 saturated carbocycles. The smallest absolute Gasteiger partial charge is 0.235 e. The van der Waals surface area contributed by atoms with Crippen LogP contribution >= 0.6 is 27.5 Å². The normalized spacial score (nSPS) is 11.8. The van der Waals surface area contributed by atoms with E-state index < -0.39 is 10.0 Å². The molecule has 1 heterocycles. The second-order valence-corrected chi connectivity index (χ2v) is 6.96. The summed E-state index contributed by atoms with van der Waals surface area (Å²) in [5.74, 6) is 0. The van der Waals surface area contributed by atoms with Crippen molar-refractivity contribution >= 4 is 37.6 Å². The van der Waals surface area contributed by atoms with E-state index in [9.17, 15) is 8.42 Å².